The second-order valence-corrected chi connectivity index (χ2v) is 5.00. The third-order valence-electron chi connectivity index (χ3n) is 3.47. The molecule has 0 spiro atoms. The van der Waals surface area contributed by atoms with Crippen LogP contribution in [0.1, 0.15) is 22.6 Å². The molecular formula is C15H14ClNO. The van der Waals surface area contributed by atoms with E-state index in [1.807, 2.05) is 12.1 Å². The Bertz CT molecular complexity index is 582. The van der Waals surface area contributed by atoms with Gasteiger partial charge in [0, 0.05) is 19.0 Å². The van der Waals surface area contributed by atoms with Crippen LogP contribution in [0.2, 0.25) is 5.02 Å². The zero-order chi connectivity index (χ0) is 12.5. The number of rotatable bonds is 1. The lowest BCUT2D eigenvalue weighted by Gasteiger charge is -2.27. The summed E-state index contributed by atoms with van der Waals surface area (Å²) in [5.41, 5.74) is 3.81. The number of phenols is 1. The van der Waals surface area contributed by atoms with Gasteiger partial charge in [0.15, 0.2) is 0 Å². The Morgan fingerprint density at radius 2 is 2.00 bits per heavy atom. The normalized spacial score (nSPS) is 18.4. The average Bonchev–Trinajstić information content (AvgIpc) is 2.41. The van der Waals surface area contributed by atoms with Crippen molar-refractivity contribution in [3.05, 3.63) is 64.2 Å². The fourth-order valence-corrected chi connectivity index (χ4v) is 2.72. The Kier molecular flexibility index (Phi) is 2.98. The predicted octanol–water partition coefficient (Wildman–Crippen LogP) is 3.28. The highest BCUT2D eigenvalue weighted by Gasteiger charge is 2.21. The van der Waals surface area contributed by atoms with Crippen LogP contribution in [0.4, 0.5) is 0 Å². The van der Waals surface area contributed by atoms with E-state index in [0.717, 1.165) is 18.7 Å². The monoisotopic (exact) mass is 259 g/mol. The number of benzene rings is 2. The summed E-state index contributed by atoms with van der Waals surface area (Å²) in [5.74, 6) is 0.436. The van der Waals surface area contributed by atoms with Crippen LogP contribution in [0, 0.1) is 0 Å². The third-order valence-corrected chi connectivity index (χ3v) is 3.77. The first-order valence-corrected chi connectivity index (χ1v) is 6.40. The number of hydrogen-bond donors (Lipinski definition) is 2. The standard InChI is InChI=1S/C15H14ClNO/c16-14-7-10(5-6-15(14)18)13-9-17-8-11-3-1-2-4-12(11)13/h1-7,13,17-18H,8-9H2. The largest absolute Gasteiger partial charge is 0.506 e. The maximum atomic E-state index is 9.49. The summed E-state index contributed by atoms with van der Waals surface area (Å²) in [7, 11) is 0. The van der Waals surface area contributed by atoms with Gasteiger partial charge in [-0.05, 0) is 28.8 Å². The summed E-state index contributed by atoms with van der Waals surface area (Å²) in [6, 6.07) is 13.9. The lowest BCUT2D eigenvalue weighted by Crippen LogP contribution is -2.28. The number of fused-ring (bicyclic) bond motifs is 1. The molecule has 1 aliphatic heterocycles. The van der Waals surface area contributed by atoms with Gasteiger partial charge < -0.3 is 10.4 Å². The molecule has 1 atom stereocenters. The number of aromatic hydroxyl groups is 1. The number of nitrogens with one attached hydrogen (secondary N) is 1. The minimum absolute atomic E-state index is 0.137. The first-order valence-electron chi connectivity index (χ1n) is 6.02. The van der Waals surface area contributed by atoms with Crippen LogP contribution in [-0.4, -0.2) is 11.7 Å². The Hall–Kier alpha value is -1.51. The molecule has 0 amide bonds. The van der Waals surface area contributed by atoms with E-state index >= 15 is 0 Å². The van der Waals surface area contributed by atoms with E-state index in [-0.39, 0.29) is 5.75 Å². The van der Waals surface area contributed by atoms with Crippen LogP contribution < -0.4 is 5.32 Å². The van der Waals surface area contributed by atoms with Gasteiger partial charge >= 0.3 is 0 Å². The van der Waals surface area contributed by atoms with E-state index in [9.17, 15) is 5.11 Å². The molecule has 0 fully saturated rings. The minimum Gasteiger partial charge on any atom is -0.506 e. The van der Waals surface area contributed by atoms with Gasteiger partial charge in [-0.2, -0.15) is 0 Å². The summed E-state index contributed by atoms with van der Waals surface area (Å²) in [4.78, 5) is 0. The second kappa shape index (κ2) is 4.63. The molecule has 1 aliphatic rings. The summed E-state index contributed by atoms with van der Waals surface area (Å²) >= 11 is 5.99. The van der Waals surface area contributed by atoms with E-state index in [2.05, 4.69) is 29.6 Å². The summed E-state index contributed by atoms with van der Waals surface area (Å²) in [5, 5.41) is 13.3. The van der Waals surface area contributed by atoms with Gasteiger partial charge in [-0.25, -0.2) is 0 Å². The molecule has 2 aromatic rings. The van der Waals surface area contributed by atoms with Gasteiger partial charge in [0.1, 0.15) is 5.75 Å². The van der Waals surface area contributed by atoms with Crippen molar-refractivity contribution in [3.8, 4) is 5.75 Å². The fourth-order valence-electron chi connectivity index (χ4n) is 2.53. The molecular weight excluding hydrogens is 246 g/mol. The highest BCUT2D eigenvalue weighted by atomic mass is 35.5. The second-order valence-electron chi connectivity index (χ2n) is 4.59. The van der Waals surface area contributed by atoms with Crippen LogP contribution in [0.15, 0.2) is 42.5 Å². The SMILES string of the molecule is Oc1ccc(C2CNCc3ccccc32)cc1Cl. The maximum absolute atomic E-state index is 9.49. The van der Waals surface area contributed by atoms with Crippen molar-refractivity contribution in [1.29, 1.82) is 0 Å². The highest BCUT2D eigenvalue weighted by Crippen LogP contribution is 2.33. The number of hydrogen-bond acceptors (Lipinski definition) is 2. The first-order chi connectivity index (χ1) is 8.75. The number of halogens is 1. The Morgan fingerprint density at radius 3 is 2.83 bits per heavy atom. The molecule has 3 rings (SSSR count). The van der Waals surface area contributed by atoms with Crippen molar-refractivity contribution < 1.29 is 5.11 Å². The maximum Gasteiger partial charge on any atom is 0.134 e. The molecule has 2 N–H and O–H groups in total. The van der Waals surface area contributed by atoms with Crippen LogP contribution in [0.25, 0.3) is 0 Å². The molecule has 18 heavy (non-hydrogen) atoms. The van der Waals surface area contributed by atoms with Gasteiger partial charge in [-0.1, -0.05) is 41.9 Å². The number of phenolic OH excluding ortho intramolecular Hbond substituents is 1. The molecule has 0 saturated carbocycles. The van der Waals surface area contributed by atoms with Crippen LogP contribution in [0.5, 0.6) is 5.75 Å². The van der Waals surface area contributed by atoms with E-state index < -0.39 is 0 Å². The van der Waals surface area contributed by atoms with Gasteiger partial charge in [0.25, 0.3) is 0 Å². The summed E-state index contributed by atoms with van der Waals surface area (Å²) in [6.07, 6.45) is 0. The van der Waals surface area contributed by atoms with Crippen LogP contribution in [-0.2, 0) is 6.54 Å². The van der Waals surface area contributed by atoms with Gasteiger partial charge in [0.2, 0.25) is 0 Å². The minimum atomic E-state index is 0.137. The van der Waals surface area contributed by atoms with Crippen molar-refractivity contribution in [2.24, 2.45) is 0 Å². The molecule has 1 heterocycles. The molecule has 92 valence electrons. The van der Waals surface area contributed by atoms with Crippen LogP contribution >= 0.6 is 11.6 Å². The topological polar surface area (TPSA) is 32.3 Å². The predicted molar refractivity (Wildman–Crippen MR) is 73.1 cm³/mol. The van der Waals surface area contributed by atoms with Crippen LogP contribution in [0.3, 0.4) is 0 Å². The van der Waals surface area contributed by atoms with Crippen molar-refractivity contribution in [2.75, 3.05) is 6.54 Å². The van der Waals surface area contributed by atoms with E-state index in [1.54, 1.807) is 6.07 Å². The molecule has 0 radical (unpaired) electrons. The average molecular weight is 260 g/mol. The molecule has 0 aliphatic carbocycles. The van der Waals surface area contributed by atoms with Crippen molar-refractivity contribution in [3.63, 3.8) is 0 Å². The highest BCUT2D eigenvalue weighted by molar-refractivity contribution is 6.32. The van der Waals surface area contributed by atoms with Gasteiger partial charge in [0.05, 0.1) is 5.02 Å². The Labute approximate surface area is 111 Å². The van der Waals surface area contributed by atoms with Gasteiger partial charge in [-0.15, -0.1) is 0 Å². The molecule has 2 nitrogen and oxygen atoms in total. The molecule has 2 aromatic carbocycles. The first kappa shape index (κ1) is 11.6. The van der Waals surface area contributed by atoms with Crippen molar-refractivity contribution in [2.45, 2.75) is 12.5 Å². The van der Waals surface area contributed by atoms with Gasteiger partial charge in [-0.3, -0.25) is 0 Å². The van der Waals surface area contributed by atoms with E-state index in [0.29, 0.717) is 10.9 Å². The third kappa shape index (κ3) is 1.98. The van der Waals surface area contributed by atoms with Crippen molar-refractivity contribution in [1.82, 2.24) is 5.32 Å². The van der Waals surface area contributed by atoms with E-state index in [4.69, 9.17) is 11.6 Å². The lowest BCUT2D eigenvalue weighted by molar-refractivity contribution is 0.475. The molecule has 0 bridgehead atoms. The van der Waals surface area contributed by atoms with Crippen molar-refractivity contribution >= 4 is 11.6 Å². The summed E-state index contributed by atoms with van der Waals surface area (Å²) < 4.78 is 0. The molecule has 0 saturated heterocycles. The molecule has 0 aromatic heterocycles. The quantitative estimate of drug-likeness (QED) is 0.824. The smallest absolute Gasteiger partial charge is 0.134 e. The molecule has 1 unspecified atom stereocenters. The Morgan fingerprint density at radius 1 is 1.17 bits per heavy atom. The fraction of sp³-hybridized carbons (Fsp3) is 0.200. The Balaban J connectivity index is 2.05. The lowest BCUT2D eigenvalue weighted by atomic mass is 9.85. The van der Waals surface area contributed by atoms with E-state index in [1.165, 1.54) is 11.1 Å². The summed E-state index contributed by atoms with van der Waals surface area (Å²) in [6.45, 7) is 1.82. The zero-order valence-electron chi connectivity index (χ0n) is 9.86. The zero-order valence-corrected chi connectivity index (χ0v) is 10.6. The molecule has 3 heteroatoms.